The Bertz CT molecular complexity index is 500. The van der Waals surface area contributed by atoms with Crippen LogP contribution in [0.1, 0.15) is 16.8 Å². The molecule has 0 saturated carbocycles. The molecule has 0 saturated heterocycles. The van der Waals surface area contributed by atoms with Gasteiger partial charge in [-0.1, -0.05) is 23.2 Å². The molecule has 3 N–H and O–H groups in total. The molecule has 0 aromatic heterocycles. The van der Waals surface area contributed by atoms with E-state index >= 15 is 0 Å². The molecule has 0 bridgehead atoms. The number of nitrogens with one attached hydrogen (secondary N) is 1. The van der Waals surface area contributed by atoms with Crippen LogP contribution >= 0.6 is 23.2 Å². The van der Waals surface area contributed by atoms with Crippen LogP contribution in [0.15, 0.2) is 12.1 Å². The van der Waals surface area contributed by atoms with E-state index in [9.17, 15) is 9.59 Å². The van der Waals surface area contributed by atoms with E-state index < -0.39 is 11.9 Å². The maximum Gasteiger partial charge on any atom is 0.338 e. The Morgan fingerprint density at radius 3 is 2.67 bits per heavy atom. The third kappa shape index (κ3) is 5.79. The predicted molar refractivity (Wildman–Crippen MR) is 80.7 cm³/mol. The summed E-state index contributed by atoms with van der Waals surface area (Å²) in [4.78, 5) is 23.2. The van der Waals surface area contributed by atoms with E-state index in [2.05, 4.69) is 5.32 Å². The summed E-state index contributed by atoms with van der Waals surface area (Å²) in [7, 11) is 1.58. The molecule has 1 rings (SSSR count). The van der Waals surface area contributed by atoms with Crippen LogP contribution in [0.3, 0.4) is 0 Å². The first kappa shape index (κ1) is 17.6. The third-order valence-electron chi connectivity index (χ3n) is 2.47. The molecule has 0 aliphatic rings. The average Bonchev–Trinajstić information content (AvgIpc) is 2.46. The smallest absolute Gasteiger partial charge is 0.338 e. The number of nitrogen functional groups attached to an aromatic ring is 1. The zero-order chi connectivity index (χ0) is 15.8. The lowest BCUT2D eigenvalue weighted by Crippen LogP contribution is -2.30. The van der Waals surface area contributed by atoms with Crippen LogP contribution in [-0.4, -0.2) is 38.7 Å². The molecule has 0 spiro atoms. The van der Waals surface area contributed by atoms with Gasteiger partial charge in [-0.3, -0.25) is 4.79 Å². The maximum absolute atomic E-state index is 11.8. The molecule has 0 aliphatic carbocycles. The van der Waals surface area contributed by atoms with Gasteiger partial charge in [0, 0.05) is 20.3 Å². The molecule has 0 unspecified atom stereocenters. The molecule has 0 atom stereocenters. The first-order chi connectivity index (χ1) is 9.95. The van der Waals surface area contributed by atoms with E-state index in [4.69, 9.17) is 38.4 Å². The van der Waals surface area contributed by atoms with E-state index in [-0.39, 0.29) is 27.9 Å². The molecule has 0 radical (unpaired) electrons. The summed E-state index contributed by atoms with van der Waals surface area (Å²) < 4.78 is 9.70. The number of rotatable bonds is 7. The summed E-state index contributed by atoms with van der Waals surface area (Å²) in [6.07, 6.45) is 0.680. The zero-order valence-electron chi connectivity index (χ0n) is 11.4. The van der Waals surface area contributed by atoms with Gasteiger partial charge in [0.1, 0.15) is 0 Å². The standard InChI is InChI=1S/C13H16Cl2N2O4/c1-20-4-2-3-17-11(18)7-21-13(19)8-5-9(14)12(15)10(16)6-8/h5-6H,2-4,7,16H2,1H3,(H,17,18). The number of hydrogen-bond acceptors (Lipinski definition) is 5. The highest BCUT2D eigenvalue weighted by molar-refractivity contribution is 6.43. The third-order valence-corrected chi connectivity index (χ3v) is 3.29. The Morgan fingerprint density at radius 1 is 1.33 bits per heavy atom. The van der Waals surface area contributed by atoms with Crippen molar-refractivity contribution in [1.82, 2.24) is 5.32 Å². The number of benzene rings is 1. The summed E-state index contributed by atoms with van der Waals surface area (Å²) in [5.41, 5.74) is 5.89. The first-order valence-electron chi connectivity index (χ1n) is 6.13. The van der Waals surface area contributed by atoms with Crippen LogP contribution in [0.4, 0.5) is 5.69 Å². The van der Waals surface area contributed by atoms with Gasteiger partial charge in [-0.05, 0) is 18.6 Å². The minimum Gasteiger partial charge on any atom is -0.452 e. The van der Waals surface area contributed by atoms with Crippen molar-refractivity contribution in [3.63, 3.8) is 0 Å². The molecular weight excluding hydrogens is 319 g/mol. The normalized spacial score (nSPS) is 10.2. The molecule has 116 valence electrons. The highest BCUT2D eigenvalue weighted by atomic mass is 35.5. The number of carbonyl (C=O) groups is 2. The Kier molecular flexibility index (Phi) is 7.28. The van der Waals surface area contributed by atoms with E-state index in [0.717, 1.165) is 0 Å². The lowest BCUT2D eigenvalue weighted by Gasteiger charge is -2.08. The fourth-order valence-corrected chi connectivity index (χ4v) is 1.77. The number of methoxy groups -OCH3 is 1. The Labute approximate surface area is 132 Å². The lowest BCUT2D eigenvalue weighted by atomic mass is 10.2. The second-order valence-corrected chi connectivity index (χ2v) is 4.92. The molecule has 8 heteroatoms. The topological polar surface area (TPSA) is 90.6 Å². The van der Waals surface area contributed by atoms with Crippen LogP contribution in [0.2, 0.25) is 10.0 Å². The minimum atomic E-state index is -0.702. The lowest BCUT2D eigenvalue weighted by molar-refractivity contribution is -0.124. The van der Waals surface area contributed by atoms with E-state index in [1.54, 1.807) is 7.11 Å². The Balaban J connectivity index is 2.45. The quantitative estimate of drug-likeness (QED) is 0.451. The average molecular weight is 335 g/mol. The van der Waals surface area contributed by atoms with Crippen LogP contribution in [-0.2, 0) is 14.3 Å². The molecule has 6 nitrogen and oxygen atoms in total. The van der Waals surface area contributed by atoms with Crippen molar-refractivity contribution in [3.05, 3.63) is 27.7 Å². The van der Waals surface area contributed by atoms with Gasteiger partial charge in [0.05, 0.1) is 21.3 Å². The number of anilines is 1. The number of ether oxygens (including phenoxy) is 2. The van der Waals surface area contributed by atoms with Crippen molar-refractivity contribution in [2.45, 2.75) is 6.42 Å². The summed E-state index contributed by atoms with van der Waals surface area (Å²) in [6.45, 7) is 0.610. The molecule has 21 heavy (non-hydrogen) atoms. The molecule has 0 aliphatic heterocycles. The zero-order valence-corrected chi connectivity index (χ0v) is 13.0. The summed E-state index contributed by atoms with van der Waals surface area (Å²) in [5.74, 6) is -1.10. The van der Waals surface area contributed by atoms with Crippen molar-refractivity contribution in [3.8, 4) is 0 Å². The summed E-state index contributed by atoms with van der Waals surface area (Å²) in [5, 5.41) is 2.90. The number of nitrogens with two attached hydrogens (primary N) is 1. The Morgan fingerprint density at radius 2 is 2.05 bits per heavy atom. The number of carbonyl (C=O) groups excluding carboxylic acids is 2. The minimum absolute atomic E-state index is 0.133. The van der Waals surface area contributed by atoms with Gasteiger partial charge in [-0.2, -0.15) is 0 Å². The molecule has 1 aromatic rings. The van der Waals surface area contributed by atoms with Crippen molar-refractivity contribution in [2.75, 3.05) is 32.6 Å². The number of hydrogen-bond donors (Lipinski definition) is 2. The predicted octanol–water partition coefficient (Wildman–Crippen LogP) is 1.89. The van der Waals surface area contributed by atoms with Gasteiger partial charge < -0.3 is 20.5 Å². The van der Waals surface area contributed by atoms with Crippen molar-refractivity contribution < 1.29 is 19.1 Å². The monoisotopic (exact) mass is 334 g/mol. The van der Waals surface area contributed by atoms with Gasteiger partial charge in [-0.15, -0.1) is 0 Å². The van der Waals surface area contributed by atoms with Crippen LogP contribution in [0.5, 0.6) is 0 Å². The van der Waals surface area contributed by atoms with Gasteiger partial charge in [-0.25, -0.2) is 4.79 Å². The second kappa shape index (κ2) is 8.71. The summed E-state index contributed by atoms with van der Waals surface area (Å²) >= 11 is 11.6. The number of esters is 1. The fourth-order valence-electron chi connectivity index (χ4n) is 1.44. The Hall–Kier alpha value is -1.50. The SMILES string of the molecule is COCCCNC(=O)COC(=O)c1cc(N)c(Cl)c(Cl)c1. The molecule has 0 heterocycles. The van der Waals surface area contributed by atoms with Gasteiger partial charge in [0.15, 0.2) is 6.61 Å². The van der Waals surface area contributed by atoms with Crippen molar-refractivity contribution in [1.29, 1.82) is 0 Å². The molecule has 1 aromatic carbocycles. The molecule has 0 fully saturated rings. The highest BCUT2D eigenvalue weighted by Crippen LogP contribution is 2.29. The maximum atomic E-state index is 11.8. The van der Waals surface area contributed by atoms with Crippen molar-refractivity contribution >= 4 is 40.8 Å². The molecular formula is C13H16Cl2N2O4. The second-order valence-electron chi connectivity index (χ2n) is 4.13. The molecule has 1 amide bonds. The van der Waals surface area contributed by atoms with Crippen LogP contribution < -0.4 is 11.1 Å². The van der Waals surface area contributed by atoms with E-state index in [0.29, 0.717) is 19.6 Å². The van der Waals surface area contributed by atoms with Gasteiger partial charge >= 0.3 is 5.97 Å². The van der Waals surface area contributed by atoms with E-state index in [1.165, 1.54) is 12.1 Å². The van der Waals surface area contributed by atoms with Crippen LogP contribution in [0, 0.1) is 0 Å². The number of halogens is 2. The van der Waals surface area contributed by atoms with Crippen molar-refractivity contribution in [2.24, 2.45) is 0 Å². The largest absolute Gasteiger partial charge is 0.452 e. The van der Waals surface area contributed by atoms with Gasteiger partial charge in [0.25, 0.3) is 5.91 Å². The summed E-state index contributed by atoms with van der Waals surface area (Å²) in [6, 6.07) is 2.67. The number of amides is 1. The van der Waals surface area contributed by atoms with Crippen LogP contribution in [0.25, 0.3) is 0 Å². The van der Waals surface area contributed by atoms with E-state index in [1.807, 2.05) is 0 Å². The highest BCUT2D eigenvalue weighted by Gasteiger charge is 2.14. The van der Waals surface area contributed by atoms with Gasteiger partial charge in [0.2, 0.25) is 0 Å². The fraction of sp³-hybridized carbons (Fsp3) is 0.385. The first-order valence-corrected chi connectivity index (χ1v) is 6.88.